The van der Waals surface area contributed by atoms with Crippen LogP contribution in [0.1, 0.15) is 22.9 Å². The van der Waals surface area contributed by atoms with Crippen molar-refractivity contribution in [3.8, 4) is 11.5 Å². The van der Waals surface area contributed by atoms with Crippen LogP contribution >= 0.6 is 11.3 Å². The van der Waals surface area contributed by atoms with Crippen molar-refractivity contribution in [2.75, 3.05) is 7.11 Å². The van der Waals surface area contributed by atoms with Gasteiger partial charge in [0.2, 0.25) is 0 Å². The SMILES string of the molecule is COc1cccc(C2CC(c3cccs3)=NN2C(=O)C(F)(F)F)c1O. The van der Waals surface area contributed by atoms with Crippen molar-refractivity contribution in [2.45, 2.75) is 18.6 Å². The van der Waals surface area contributed by atoms with E-state index in [0.29, 0.717) is 15.6 Å². The van der Waals surface area contributed by atoms with E-state index in [2.05, 4.69) is 5.10 Å². The zero-order valence-corrected chi connectivity index (χ0v) is 13.8. The molecule has 1 amide bonds. The smallest absolute Gasteiger partial charge is 0.473 e. The molecule has 0 aliphatic carbocycles. The molecule has 1 N–H and O–H groups in total. The normalized spacial score (nSPS) is 17.5. The number of nitrogens with zero attached hydrogens (tertiary/aromatic N) is 2. The second-order valence-corrected chi connectivity index (χ2v) is 6.24. The highest BCUT2D eigenvalue weighted by molar-refractivity contribution is 7.12. The molecule has 3 rings (SSSR count). The Hall–Kier alpha value is -2.55. The number of halogens is 3. The molecule has 0 spiro atoms. The Balaban J connectivity index is 2.04. The molecule has 1 atom stereocenters. The highest BCUT2D eigenvalue weighted by atomic mass is 32.1. The molecule has 132 valence electrons. The number of thiophene rings is 1. The van der Waals surface area contributed by atoms with Gasteiger partial charge in [0.25, 0.3) is 0 Å². The number of carbonyl (C=O) groups is 1. The summed E-state index contributed by atoms with van der Waals surface area (Å²) in [7, 11) is 1.33. The highest BCUT2D eigenvalue weighted by Crippen LogP contribution is 2.42. The monoisotopic (exact) mass is 370 g/mol. The van der Waals surface area contributed by atoms with E-state index < -0.39 is 18.1 Å². The number of methoxy groups -OCH3 is 1. The van der Waals surface area contributed by atoms with Gasteiger partial charge in [0, 0.05) is 12.0 Å². The second-order valence-electron chi connectivity index (χ2n) is 5.29. The van der Waals surface area contributed by atoms with E-state index in [4.69, 9.17) is 4.74 Å². The van der Waals surface area contributed by atoms with Crippen LogP contribution in [0.2, 0.25) is 0 Å². The third-order valence-electron chi connectivity index (χ3n) is 3.78. The van der Waals surface area contributed by atoms with Crippen LogP contribution < -0.4 is 4.74 Å². The molecule has 2 aromatic rings. The van der Waals surface area contributed by atoms with Gasteiger partial charge in [-0.2, -0.15) is 18.3 Å². The van der Waals surface area contributed by atoms with Crippen molar-refractivity contribution in [2.24, 2.45) is 5.10 Å². The average Bonchev–Trinajstić information content (AvgIpc) is 3.22. The minimum atomic E-state index is -5.07. The van der Waals surface area contributed by atoms with Gasteiger partial charge >= 0.3 is 12.1 Å². The maximum Gasteiger partial charge on any atom is 0.473 e. The number of alkyl halides is 3. The third kappa shape index (κ3) is 3.19. The summed E-state index contributed by atoms with van der Waals surface area (Å²) < 4.78 is 43.9. The molecule has 5 nitrogen and oxygen atoms in total. The van der Waals surface area contributed by atoms with Crippen LogP contribution in [0.4, 0.5) is 13.2 Å². The van der Waals surface area contributed by atoms with E-state index in [1.807, 2.05) is 0 Å². The molecule has 1 aromatic heterocycles. The summed E-state index contributed by atoms with van der Waals surface area (Å²) in [6, 6.07) is 6.85. The number of hydrogen-bond acceptors (Lipinski definition) is 5. The first-order chi connectivity index (χ1) is 11.8. The molecule has 1 aliphatic heterocycles. The van der Waals surface area contributed by atoms with Gasteiger partial charge in [0.15, 0.2) is 11.5 Å². The van der Waals surface area contributed by atoms with Crippen LogP contribution in [0, 0.1) is 0 Å². The molecule has 0 fully saturated rings. The van der Waals surface area contributed by atoms with Gasteiger partial charge in [-0.25, -0.2) is 5.01 Å². The highest BCUT2D eigenvalue weighted by Gasteiger charge is 2.48. The number of benzene rings is 1. The molecule has 9 heteroatoms. The van der Waals surface area contributed by atoms with Crippen LogP contribution in [-0.2, 0) is 4.79 Å². The number of aromatic hydroxyl groups is 1. The Morgan fingerprint density at radius 1 is 1.36 bits per heavy atom. The van der Waals surface area contributed by atoms with Crippen molar-refractivity contribution >= 4 is 23.0 Å². The first kappa shape index (κ1) is 17.3. The number of rotatable bonds is 3. The predicted molar refractivity (Wildman–Crippen MR) is 85.8 cm³/mol. The van der Waals surface area contributed by atoms with Gasteiger partial charge in [0.1, 0.15) is 0 Å². The summed E-state index contributed by atoms with van der Waals surface area (Å²) in [5, 5.41) is 16.3. The predicted octanol–water partition coefficient (Wildman–Crippen LogP) is 3.70. The standard InChI is InChI=1S/C16H13F3N2O3S/c1-24-12-5-2-4-9(14(12)22)11-8-10(13-6-3-7-25-13)20-21(11)15(23)16(17,18)19/h2-7,11,22H,8H2,1H3. The lowest BCUT2D eigenvalue weighted by Crippen LogP contribution is -2.38. The summed E-state index contributed by atoms with van der Waals surface area (Å²) >= 11 is 1.31. The van der Waals surface area contributed by atoms with Gasteiger partial charge in [-0.3, -0.25) is 4.79 Å². The molecule has 0 bridgehead atoms. The molecule has 0 radical (unpaired) electrons. The van der Waals surface area contributed by atoms with Gasteiger partial charge in [-0.05, 0) is 17.5 Å². The van der Waals surface area contributed by atoms with Crippen LogP contribution in [0.3, 0.4) is 0 Å². The molecular formula is C16H13F3N2O3S. The van der Waals surface area contributed by atoms with Crippen molar-refractivity contribution in [3.05, 3.63) is 46.2 Å². The number of phenolic OH excluding ortho intramolecular Hbond substituents is 1. The minimum Gasteiger partial charge on any atom is -0.504 e. The van der Waals surface area contributed by atoms with Gasteiger partial charge in [-0.15, -0.1) is 11.3 Å². The fourth-order valence-corrected chi connectivity index (χ4v) is 3.36. The van der Waals surface area contributed by atoms with Gasteiger partial charge < -0.3 is 9.84 Å². The second kappa shape index (κ2) is 6.40. The van der Waals surface area contributed by atoms with Gasteiger partial charge in [-0.1, -0.05) is 18.2 Å². The number of carbonyl (C=O) groups excluding carboxylic acids is 1. The first-order valence-electron chi connectivity index (χ1n) is 7.20. The topological polar surface area (TPSA) is 62.1 Å². The Morgan fingerprint density at radius 3 is 2.72 bits per heavy atom. The summed E-state index contributed by atoms with van der Waals surface area (Å²) in [5.74, 6) is -2.27. The third-order valence-corrected chi connectivity index (χ3v) is 4.69. The van der Waals surface area contributed by atoms with Crippen LogP contribution in [0.5, 0.6) is 11.5 Å². The number of amides is 1. The van der Waals surface area contributed by atoms with E-state index in [0.717, 1.165) is 0 Å². The van der Waals surface area contributed by atoms with Crippen molar-refractivity contribution < 1.29 is 27.8 Å². The van der Waals surface area contributed by atoms with Crippen LogP contribution in [0.15, 0.2) is 40.8 Å². The fourth-order valence-electron chi connectivity index (χ4n) is 2.63. The number of hydrogen-bond donors (Lipinski definition) is 1. The molecule has 25 heavy (non-hydrogen) atoms. The van der Waals surface area contributed by atoms with E-state index in [-0.39, 0.29) is 23.5 Å². The van der Waals surface area contributed by atoms with Crippen LogP contribution in [0.25, 0.3) is 0 Å². The molecule has 0 saturated heterocycles. The first-order valence-corrected chi connectivity index (χ1v) is 8.08. The van der Waals surface area contributed by atoms with Gasteiger partial charge in [0.05, 0.1) is 23.7 Å². The lowest BCUT2D eigenvalue weighted by Gasteiger charge is -2.24. The zero-order valence-electron chi connectivity index (χ0n) is 12.9. The number of ether oxygens (including phenoxy) is 1. The summed E-state index contributed by atoms with van der Waals surface area (Å²) in [6.45, 7) is 0. The minimum absolute atomic E-state index is 0.0586. The Bertz CT molecular complexity index is 819. The average molecular weight is 370 g/mol. The van der Waals surface area contributed by atoms with Crippen molar-refractivity contribution in [1.82, 2.24) is 5.01 Å². The molecule has 2 heterocycles. The fraction of sp³-hybridized carbons (Fsp3) is 0.250. The maximum atomic E-state index is 13.0. The Morgan fingerprint density at radius 2 is 2.12 bits per heavy atom. The van der Waals surface area contributed by atoms with E-state index in [1.165, 1.54) is 36.6 Å². The largest absolute Gasteiger partial charge is 0.504 e. The van der Waals surface area contributed by atoms with Crippen LogP contribution in [-0.4, -0.2) is 35.0 Å². The molecule has 1 unspecified atom stereocenters. The lowest BCUT2D eigenvalue weighted by atomic mass is 9.99. The summed E-state index contributed by atoms with van der Waals surface area (Å²) in [6.07, 6.45) is -5.01. The molecule has 0 saturated carbocycles. The molecular weight excluding hydrogens is 357 g/mol. The van der Waals surface area contributed by atoms with Crippen molar-refractivity contribution in [1.29, 1.82) is 0 Å². The number of para-hydroxylation sites is 1. The summed E-state index contributed by atoms with van der Waals surface area (Å²) in [4.78, 5) is 12.5. The maximum absolute atomic E-state index is 13.0. The molecule has 1 aliphatic rings. The van der Waals surface area contributed by atoms with Crippen molar-refractivity contribution in [3.63, 3.8) is 0 Å². The lowest BCUT2D eigenvalue weighted by molar-refractivity contribution is -0.187. The number of phenols is 1. The Kier molecular flexibility index (Phi) is 4.42. The zero-order chi connectivity index (χ0) is 18.2. The van der Waals surface area contributed by atoms with E-state index in [9.17, 15) is 23.1 Å². The van der Waals surface area contributed by atoms with E-state index >= 15 is 0 Å². The summed E-state index contributed by atoms with van der Waals surface area (Å²) in [5.41, 5.74) is 0.507. The molecule has 1 aromatic carbocycles. The quantitative estimate of drug-likeness (QED) is 0.896. The number of hydrazone groups is 1. The Labute approximate surface area is 145 Å². The van der Waals surface area contributed by atoms with E-state index in [1.54, 1.807) is 17.5 Å².